The molecule has 0 saturated heterocycles. The summed E-state index contributed by atoms with van der Waals surface area (Å²) in [5.41, 5.74) is 0.481. The SMILES string of the molecule is CCOC(=O)c1cnc2n1CC(CCC(C)=O)C=C2. The van der Waals surface area contributed by atoms with E-state index in [-0.39, 0.29) is 17.7 Å². The third-order valence-corrected chi connectivity index (χ3v) is 3.17. The normalized spacial score (nSPS) is 17.1. The minimum Gasteiger partial charge on any atom is -0.461 e. The largest absolute Gasteiger partial charge is 0.461 e. The van der Waals surface area contributed by atoms with Crippen LogP contribution in [0, 0.1) is 5.92 Å². The van der Waals surface area contributed by atoms with Crippen molar-refractivity contribution < 1.29 is 14.3 Å². The predicted octanol–water partition coefficient (Wildman–Crippen LogP) is 2.07. The van der Waals surface area contributed by atoms with Gasteiger partial charge in [-0.25, -0.2) is 9.78 Å². The molecular formula is C14H18N2O3. The van der Waals surface area contributed by atoms with Crippen molar-refractivity contribution >= 4 is 17.8 Å². The van der Waals surface area contributed by atoms with Gasteiger partial charge in [0.2, 0.25) is 0 Å². The van der Waals surface area contributed by atoms with Gasteiger partial charge >= 0.3 is 5.97 Å². The van der Waals surface area contributed by atoms with Crippen LogP contribution in [-0.2, 0) is 16.1 Å². The van der Waals surface area contributed by atoms with Crippen molar-refractivity contribution in [1.82, 2.24) is 9.55 Å². The van der Waals surface area contributed by atoms with E-state index in [1.54, 1.807) is 20.0 Å². The molecule has 2 heterocycles. The first-order chi connectivity index (χ1) is 9.11. The van der Waals surface area contributed by atoms with Crippen LogP contribution in [0.25, 0.3) is 6.08 Å². The summed E-state index contributed by atoms with van der Waals surface area (Å²) < 4.78 is 6.87. The van der Waals surface area contributed by atoms with E-state index >= 15 is 0 Å². The zero-order valence-electron chi connectivity index (χ0n) is 11.3. The van der Waals surface area contributed by atoms with E-state index in [9.17, 15) is 9.59 Å². The molecule has 2 rings (SSSR count). The molecule has 0 bridgehead atoms. The topological polar surface area (TPSA) is 61.2 Å². The standard InChI is InChI=1S/C14H18N2O3/c1-3-19-14(18)12-8-15-13-7-6-11(9-16(12)13)5-4-10(2)17/h6-8,11H,3-5,9H2,1-2H3. The quantitative estimate of drug-likeness (QED) is 0.762. The van der Waals surface area contributed by atoms with Gasteiger partial charge in [-0.05, 0) is 32.3 Å². The average Bonchev–Trinajstić information content (AvgIpc) is 2.79. The fraction of sp³-hybridized carbons (Fsp3) is 0.500. The monoisotopic (exact) mass is 262 g/mol. The van der Waals surface area contributed by atoms with Gasteiger partial charge in [0.1, 0.15) is 17.3 Å². The van der Waals surface area contributed by atoms with Gasteiger partial charge < -0.3 is 14.1 Å². The number of allylic oxidation sites excluding steroid dienone is 1. The van der Waals surface area contributed by atoms with Crippen molar-refractivity contribution in [3.63, 3.8) is 0 Å². The van der Waals surface area contributed by atoms with Crippen LogP contribution in [0.2, 0.25) is 0 Å². The van der Waals surface area contributed by atoms with Gasteiger partial charge in [0.05, 0.1) is 12.8 Å². The van der Waals surface area contributed by atoms with Crippen LogP contribution >= 0.6 is 0 Å². The number of ketones is 1. The molecule has 0 saturated carbocycles. The molecule has 0 spiro atoms. The number of carbonyl (C=O) groups is 2. The zero-order chi connectivity index (χ0) is 13.8. The summed E-state index contributed by atoms with van der Waals surface area (Å²) in [6.07, 6.45) is 6.86. The number of fused-ring (bicyclic) bond motifs is 1. The van der Waals surface area contributed by atoms with Crippen molar-refractivity contribution in [2.75, 3.05) is 6.61 Å². The first-order valence-electron chi connectivity index (χ1n) is 6.52. The summed E-state index contributed by atoms with van der Waals surface area (Å²) in [5.74, 6) is 0.873. The van der Waals surface area contributed by atoms with E-state index in [1.807, 2.05) is 10.6 Å². The third-order valence-electron chi connectivity index (χ3n) is 3.17. The minimum absolute atomic E-state index is 0.190. The number of imidazole rings is 1. The van der Waals surface area contributed by atoms with Gasteiger partial charge in [-0.15, -0.1) is 0 Å². The molecule has 1 aliphatic rings. The average molecular weight is 262 g/mol. The maximum absolute atomic E-state index is 11.8. The van der Waals surface area contributed by atoms with E-state index in [0.717, 1.165) is 12.2 Å². The summed E-state index contributed by atoms with van der Waals surface area (Å²) in [6, 6.07) is 0. The highest BCUT2D eigenvalue weighted by Crippen LogP contribution is 2.22. The molecule has 0 amide bonds. The van der Waals surface area contributed by atoms with E-state index in [1.165, 1.54) is 0 Å². The second-order valence-electron chi connectivity index (χ2n) is 4.69. The summed E-state index contributed by atoms with van der Waals surface area (Å²) in [4.78, 5) is 27.0. The van der Waals surface area contributed by atoms with Gasteiger partial charge in [0.25, 0.3) is 0 Å². The molecule has 1 unspecified atom stereocenters. The first kappa shape index (κ1) is 13.5. The van der Waals surface area contributed by atoms with E-state index in [4.69, 9.17) is 4.74 Å². The molecule has 0 aromatic carbocycles. The fourth-order valence-electron chi connectivity index (χ4n) is 2.18. The lowest BCUT2D eigenvalue weighted by molar-refractivity contribution is -0.117. The Hall–Kier alpha value is -1.91. The molecule has 0 N–H and O–H groups in total. The molecule has 5 heteroatoms. The Balaban J connectivity index is 2.11. The van der Waals surface area contributed by atoms with Crippen molar-refractivity contribution in [2.24, 2.45) is 5.92 Å². The van der Waals surface area contributed by atoms with Crippen molar-refractivity contribution in [3.05, 3.63) is 23.8 Å². The Morgan fingerprint density at radius 1 is 1.53 bits per heavy atom. The van der Waals surface area contributed by atoms with Crippen LogP contribution in [0.4, 0.5) is 0 Å². The first-order valence-corrected chi connectivity index (χ1v) is 6.52. The highest BCUT2D eigenvalue weighted by molar-refractivity contribution is 5.87. The number of aromatic nitrogens is 2. The third kappa shape index (κ3) is 3.10. The highest BCUT2D eigenvalue weighted by atomic mass is 16.5. The number of carbonyl (C=O) groups excluding carboxylic acids is 2. The Morgan fingerprint density at radius 2 is 2.32 bits per heavy atom. The summed E-state index contributed by atoms with van der Waals surface area (Å²) >= 11 is 0. The molecule has 5 nitrogen and oxygen atoms in total. The smallest absolute Gasteiger partial charge is 0.356 e. The second kappa shape index (κ2) is 5.82. The number of esters is 1. The van der Waals surface area contributed by atoms with Crippen LogP contribution in [0.5, 0.6) is 0 Å². The molecular weight excluding hydrogens is 244 g/mol. The van der Waals surface area contributed by atoms with E-state index in [2.05, 4.69) is 11.1 Å². The molecule has 0 radical (unpaired) electrons. The summed E-state index contributed by atoms with van der Waals surface area (Å²) in [6.45, 7) is 4.40. The molecule has 0 aliphatic carbocycles. The van der Waals surface area contributed by atoms with Crippen LogP contribution in [0.1, 0.15) is 43.0 Å². The maximum atomic E-state index is 11.8. The molecule has 1 aromatic rings. The molecule has 0 fully saturated rings. The Bertz CT molecular complexity index is 517. The van der Waals surface area contributed by atoms with Gasteiger partial charge in [-0.1, -0.05) is 6.08 Å². The Kier molecular flexibility index (Phi) is 4.14. The second-order valence-corrected chi connectivity index (χ2v) is 4.69. The number of hydrogen-bond donors (Lipinski definition) is 0. The summed E-state index contributed by atoms with van der Waals surface area (Å²) in [7, 11) is 0. The van der Waals surface area contributed by atoms with Gasteiger partial charge in [-0.3, -0.25) is 0 Å². The molecule has 1 aromatic heterocycles. The molecule has 102 valence electrons. The Labute approximate surface area is 112 Å². The lowest BCUT2D eigenvalue weighted by atomic mass is 9.99. The molecule has 19 heavy (non-hydrogen) atoms. The lowest BCUT2D eigenvalue weighted by Gasteiger charge is -2.19. The van der Waals surface area contributed by atoms with Crippen molar-refractivity contribution in [1.29, 1.82) is 0 Å². The predicted molar refractivity (Wildman–Crippen MR) is 70.6 cm³/mol. The van der Waals surface area contributed by atoms with Crippen molar-refractivity contribution in [3.8, 4) is 0 Å². The number of Topliss-reactive ketones (excluding diaryl/α,β-unsaturated/α-hetero) is 1. The maximum Gasteiger partial charge on any atom is 0.356 e. The van der Waals surface area contributed by atoms with E-state index in [0.29, 0.717) is 25.3 Å². The number of ether oxygens (including phenoxy) is 1. The number of nitrogens with zero attached hydrogens (tertiary/aromatic N) is 2. The Morgan fingerprint density at radius 3 is 3.00 bits per heavy atom. The van der Waals surface area contributed by atoms with Crippen LogP contribution < -0.4 is 0 Å². The number of hydrogen-bond acceptors (Lipinski definition) is 4. The van der Waals surface area contributed by atoms with Crippen LogP contribution in [0.3, 0.4) is 0 Å². The lowest BCUT2D eigenvalue weighted by Crippen LogP contribution is -2.20. The fourth-order valence-corrected chi connectivity index (χ4v) is 2.18. The molecule has 1 atom stereocenters. The highest BCUT2D eigenvalue weighted by Gasteiger charge is 2.21. The van der Waals surface area contributed by atoms with Crippen molar-refractivity contribution in [2.45, 2.75) is 33.2 Å². The number of rotatable bonds is 5. The minimum atomic E-state index is -0.345. The van der Waals surface area contributed by atoms with Gasteiger partial charge in [0.15, 0.2) is 0 Å². The zero-order valence-corrected chi connectivity index (χ0v) is 11.3. The summed E-state index contributed by atoms with van der Waals surface area (Å²) in [5, 5.41) is 0. The molecule has 1 aliphatic heterocycles. The van der Waals surface area contributed by atoms with Crippen LogP contribution in [0.15, 0.2) is 12.3 Å². The van der Waals surface area contributed by atoms with Gasteiger partial charge in [-0.2, -0.15) is 0 Å². The van der Waals surface area contributed by atoms with E-state index < -0.39 is 0 Å². The van der Waals surface area contributed by atoms with Gasteiger partial charge in [0, 0.05) is 13.0 Å². The van der Waals surface area contributed by atoms with Crippen LogP contribution in [-0.4, -0.2) is 27.9 Å².